The second-order valence-electron chi connectivity index (χ2n) is 6.15. The summed E-state index contributed by atoms with van der Waals surface area (Å²) in [4.78, 5) is 33.4. The summed E-state index contributed by atoms with van der Waals surface area (Å²) in [7, 11) is 1.96. The predicted octanol–water partition coefficient (Wildman–Crippen LogP) is 1.87. The van der Waals surface area contributed by atoms with Crippen molar-refractivity contribution in [3.63, 3.8) is 0 Å². The summed E-state index contributed by atoms with van der Waals surface area (Å²) < 4.78 is 0. The molecule has 0 radical (unpaired) electrons. The molecule has 0 bridgehead atoms. The van der Waals surface area contributed by atoms with Gasteiger partial charge in [-0.1, -0.05) is 24.3 Å². The van der Waals surface area contributed by atoms with Gasteiger partial charge in [0.25, 0.3) is 0 Å². The molecule has 2 aromatic rings. The fourth-order valence-corrected chi connectivity index (χ4v) is 3.84. The van der Waals surface area contributed by atoms with E-state index in [4.69, 9.17) is 0 Å². The third kappa shape index (κ3) is 2.08. The summed E-state index contributed by atoms with van der Waals surface area (Å²) >= 11 is 0. The van der Waals surface area contributed by atoms with E-state index in [0.29, 0.717) is 12.2 Å². The van der Waals surface area contributed by atoms with Gasteiger partial charge < -0.3 is 0 Å². The molecule has 0 saturated carbocycles. The van der Waals surface area contributed by atoms with Gasteiger partial charge in [-0.05, 0) is 30.8 Å². The third-order valence-corrected chi connectivity index (χ3v) is 4.82. The number of likely N-dealkylation sites (tertiary alicyclic amines) is 1. The van der Waals surface area contributed by atoms with Gasteiger partial charge >= 0.3 is 0 Å². The van der Waals surface area contributed by atoms with E-state index in [1.54, 1.807) is 24.5 Å². The molecular formula is C18H17N3O2. The second-order valence-corrected chi connectivity index (χ2v) is 6.15. The highest BCUT2D eigenvalue weighted by atomic mass is 16.2. The van der Waals surface area contributed by atoms with Crippen LogP contribution in [0, 0.1) is 11.8 Å². The number of carbonyl (C=O) groups excluding carboxylic acids is 2. The molecule has 2 fully saturated rings. The zero-order chi connectivity index (χ0) is 16.0. The topological polar surface area (TPSA) is 53.5 Å². The molecule has 4 rings (SSSR count). The summed E-state index contributed by atoms with van der Waals surface area (Å²) in [6.07, 6.45) is 3.50. The Morgan fingerprint density at radius 3 is 2.52 bits per heavy atom. The van der Waals surface area contributed by atoms with Crippen molar-refractivity contribution in [1.29, 1.82) is 0 Å². The third-order valence-electron chi connectivity index (χ3n) is 4.82. The number of hydrogen-bond donors (Lipinski definition) is 0. The number of anilines is 1. The van der Waals surface area contributed by atoms with E-state index in [1.807, 2.05) is 37.4 Å². The van der Waals surface area contributed by atoms with Crippen LogP contribution in [0.5, 0.6) is 0 Å². The Bertz CT molecular complexity index is 747. The van der Waals surface area contributed by atoms with Crippen molar-refractivity contribution in [3.8, 4) is 0 Å². The van der Waals surface area contributed by atoms with Gasteiger partial charge in [-0.25, -0.2) is 4.90 Å². The first kappa shape index (κ1) is 14.1. The van der Waals surface area contributed by atoms with Crippen LogP contribution in [0.25, 0.3) is 0 Å². The lowest BCUT2D eigenvalue weighted by atomic mass is 9.89. The van der Waals surface area contributed by atoms with Crippen LogP contribution in [-0.4, -0.2) is 35.3 Å². The fraction of sp³-hybridized carbons (Fsp3) is 0.278. The minimum atomic E-state index is -0.336. The van der Waals surface area contributed by atoms with E-state index in [-0.39, 0.29) is 29.7 Å². The Balaban J connectivity index is 1.73. The van der Waals surface area contributed by atoms with E-state index in [9.17, 15) is 9.59 Å². The van der Waals surface area contributed by atoms with Crippen molar-refractivity contribution in [1.82, 2.24) is 9.88 Å². The number of para-hydroxylation sites is 1. The summed E-state index contributed by atoms with van der Waals surface area (Å²) in [5, 5.41) is 0. The number of imide groups is 1. The molecule has 0 spiro atoms. The number of fused-ring (bicyclic) bond motifs is 1. The molecule has 23 heavy (non-hydrogen) atoms. The van der Waals surface area contributed by atoms with Gasteiger partial charge in [0.05, 0.1) is 17.5 Å². The largest absolute Gasteiger partial charge is 0.298 e. The van der Waals surface area contributed by atoms with Gasteiger partial charge in [0.2, 0.25) is 11.8 Å². The van der Waals surface area contributed by atoms with Crippen LogP contribution < -0.4 is 4.90 Å². The first-order valence-electron chi connectivity index (χ1n) is 7.71. The van der Waals surface area contributed by atoms with Crippen molar-refractivity contribution < 1.29 is 9.59 Å². The van der Waals surface area contributed by atoms with Crippen LogP contribution in [0.3, 0.4) is 0 Å². The van der Waals surface area contributed by atoms with E-state index in [2.05, 4.69) is 9.88 Å². The number of pyridine rings is 1. The lowest BCUT2D eigenvalue weighted by Crippen LogP contribution is -2.36. The number of benzene rings is 1. The lowest BCUT2D eigenvalue weighted by molar-refractivity contribution is -0.123. The van der Waals surface area contributed by atoms with E-state index in [0.717, 1.165) is 5.56 Å². The highest BCUT2D eigenvalue weighted by Gasteiger charge is 2.57. The summed E-state index contributed by atoms with van der Waals surface area (Å²) in [5.41, 5.74) is 1.64. The van der Waals surface area contributed by atoms with Crippen LogP contribution in [0.15, 0.2) is 54.9 Å². The minimum Gasteiger partial charge on any atom is -0.298 e. The average molecular weight is 307 g/mol. The normalized spacial score (nSPS) is 27.5. The Morgan fingerprint density at radius 1 is 1.04 bits per heavy atom. The molecule has 1 aromatic carbocycles. The Morgan fingerprint density at radius 2 is 1.83 bits per heavy atom. The highest BCUT2D eigenvalue weighted by molar-refractivity contribution is 6.22. The smallest absolute Gasteiger partial charge is 0.239 e. The molecule has 0 N–H and O–H groups in total. The molecule has 3 atom stereocenters. The molecule has 5 heteroatoms. The predicted molar refractivity (Wildman–Crippen MR) is 85.5 cm³/mol. The monoisotopic (exact) mass is 307 g/mol. The van der Waals surface area contributed by atoms with Crippen LogP contribution in [0.2, 0.25) is 0 Å². The summed E-state index contributed by atoms with van der Waals surface area (Å²) in [5.74, 6) is -0.816. The van der Waals surface area contributed by atoms with Gasteiger partial charge in [0.1, 0.15) is 0 Å². The summed E-state index contributed by atoms with van der Waals surface area (Å²) in [6, 6.07) is 12.9. The number of hydrogen-bond acceptors (Lipinski definition) is 4. The average Bonchev–Trinajstić information content (AvgIpc) is 3.04. The van der Waals surface area contributed by atoms with Crippen LogP contribution in [0.4, 0.5) is 5.69 Å². The first-order valence-corrected chi connectivity index (χ1v) is 7.71. The molecule has 1 aromatic heterocycles. The Hall–Kier alpha value is -2.53. The van der Waals surface area contributed by atoms with Gasteiger partial charge in [0.15, 0.2) is 0 Å². The van der Waals surface area contributed by atoms with E-state index < -0.39 is 0 Å². The van der Waals surface area contributed by atoms with Crippen LogP contribution >= 0.6 is 0 Å². The SMILES string of the molecule is CN1C[C@H]2C(=O)N(c3ccccc3)C(=O)[C@H]2[C@@H]1c1cccnc1. The maximum Gasteiger partial charge on any atom is 0.239 e. The van der Waals surface area contributed by atoms with Crippen molar-refractivity contribution in [2.24, 2.45) is 11.8 Å². The van der Waals surface area contributed by atoms with Gasteiger partial charge in [-0.3, -0.25) is 19.5 Å². The number of aromatic nitrogens is 1. The first-order chi connectivity index (χ1) is 11.2. The minimum absolute atomic E-state index is 0.0931. The Kier molecular flexibility index (Phi) is 3.23. The molecule has 0 aliphatic carbocycles. The number of rotatable bonds is 2. The standard InChI is InChI=1S/C18H17N3O2/c1-20-11-14-15(16(20)12-6-5-9-19-10-12)18(23)21(17(14)22)13-7-3-2-4-8-13/h2-10,14-16H,11H2,1H3/t14-,15-,16+/m1/s1. The maximum absolute atomic E-state index is 13.0. The zero-order valence-electron chi connectivity index (χ0n) is 12.8. The molecule has 2 amide bonds. The van der Waals surface area contributed by atoms with Crippen molar-refractivity contribution in [2.75, 3.05) is 18.5 Å². The molecule has 2 aliphatic heterocycles. The number of amides is 2. The second kappa shape index (κ2) is 5.28. The van der Waals surface area contributed by atoms with Crippen molar-refractivity contribution in [3.05, 3.63) is 60.4 Å². The number of carbonyl (C=O) groups is 2. The van der Waals surface area contributed by atoms with E-state index >= 15 is 0 Å². The van der Waals surface area contributed by atoms with E-state index in [1.165, 1.54) is 4.90 Å². The molecule has 2 aliphatic rings. The fourth-order valence-electron chi connectivity index (χ4n) is 3.84. The van der Waals surface area contributed by atoms with Crippen LogP contribution in [0.1, 0.15) is 11.6 Å². The highest BCUT2D eigenvalue weighted by Crippen LogP contribution is 2.46. The summed E-state index contributed by atoms with van der Waals surface area (Å²) in [6.45, 7) is 0.595. The number of nitrogens with zero attached hydrogens (tertiary/aromatic N) is 3. The zero-order valence-corrected chi connectivity index (χ0v) is 12.8. The van der Waals surface area contributed by atoms with Gasteiger partial charge in [0, 0.05) is 25.0 Å². The molecule has 116 valence electrons. The Labute approximate surface area is 134 Å². The van der Waals surface area contributed by atoms with Crippen molar-refractivity contribution >= 4 is 17.5 Å². The molecule has 2 saturated heterocycles. The quantitative estimate of drug-likeness (QED) is 0.795. The lowest BCUT2D eigenvalue weighted by Gasteiger charge is -2.25. The van der Waals surface area contributed by atoms with Crippen LogP contribution in [-0.2, 0) is 9.59 Å². The molecule has 5 nitrogen and oxygen atoms in total. The van der Waals surface area contributed by atoms with Crippen molar-refractivity contribution in [2.45, 2.75) is 6.04 Å². The maximum atomic E-state index is 13.0. The molecule has 0 unspecified atom stereocenters. The molecule has 3 heterocycles. The van der Waals surface area contributed by atoms with Gasteiger partial charge in [-0.15, -0.1) is 0 Å². The van der Waals surface area contributed by atoms with Gasteiger partial charge in [-0.2, -0.15) is 0 Å². The molecular weight excluding hydrogens is 290 g/mol.